The second-order valence-electron chi connectivity index (χ2n) is 7.43. The van der Waals surface area contributed by atoms with Gasteiger partial charge in [0.1, 0.15) is 0 Å². The summed E-state index contributed by atoms with van der Waals surface area (Å²) in [6.07, 6.45) is 1.20. The first-order valence-corrected chi connectivity index (χ1v) is 11.9. The Balaban J connectivity index is 1.89. The Hall–Kier alpha value is -3.76. The predicted octanol–water partition coefficient (Wildman–Crippen LogP) is 2.98. The molecule has 4 rings (SSSR count). The third-order valence-electron chi connectivity index (χ3n) is 5.25. The van der Waals surface area contributed by atoms with Crippen molar-refractivity contribution >= 4 is 23.7 Å². The Bertz CT molecular complexity index is 1380. The highest BCUT2D eigenvalue weighted by Crippen LogP contribution is 2.44. The molecule has 32 heavy (non-hydrogen) atoms. The van der Waals surface area contributed by atoms with E-state index < -0.39 is 24.3 Å². The van der Waals surface area contributed by atoms with Crippen molar-refractivity contribution in [1.29, 1.82) is 0 Å². The number of nitrogens with zero attached hydrogens (tertiary/aromatic N) is 2. The maximum atomic E-state index is 14.4. The molecule has 160 valence electrons. The summed E-state index contributed by atoms with van der Waals surface area (Å²) in [5.41, 5.74) is -1.07. The van der Waals surface area contributed by atoms with Crippen LogP contribution in [-0.2, 0) is 10.9 Å². The first kappa shape index (κ1) is 21.5. The number of carbonyl (C=O) groups excluding carboxylic acids is 1. The van der Waals surface area contributed by atoms with Crippen molar-refractivity contribution in [3.05, 3.63) is 129 Å². The summed E-state index contributed by atoms with van der Waals surface area (Å²) in [6, 6.07) is 26.0. The molecule has 0 aliphatic heterocycles. The van der Waals surface area contributed by atoms with E-state index in [-0.39, 0.29) is 17.4 Å². The molecular formula is C25H21N2O4P. The Kier molecular flexibility index (Phi) is 5.89. The normalized spacial score (nSPS) is 11.3. The van der Waals surface area contributed by atoms with Gasteiger partial charge in [0.05, 0.1) is 6.29 Å². The van der Waals surface area contributed by atoms with Gasteiger partial charge in [0, 0.05) is 27.9 Å². The van der Waals surface area contributed by atoms with E-state index in [2.05, 4.69) is 0 Å². The van der Waals surface area contributed by atoms with Crippen molar-refractivity contribution in [1.82, 2.24) is 9.13 Å². The lowest BCUT2D eigenvalue weighted by atomic mass is 10.2. The number of rotatable bonds is 5. The van der Waals surface area contributed by atoms with E-state index in [0.717, 1.165) is 0 Å². The van der Waals surface area contributed by atoms with Gasteiger partial charge in [0.15, 0.2) is 7.14 Å². The molecule has 0 amide bonds. The first-order chi connectivity index (χ1) is 15.4. The van der Waals surface area contributed by atoms with Crippen molar-refractivity contribution in [3.63, 3.8) is 0 Å². The molecule has 6 nitrogen and oxygen atoms in total. The average Bonchev–Trinajstić information content (AvgIpc) is 2.84. The van der Waals surface area contributed by atoms with Gasteiger partial charge in [0.2, 0.25) is 0 Å². The molecule has 3 aromatic carbocycles. The Morgan fingerprint density at radius 2 is 1.25 bits per heavy atom. The molecule has 0 spiro atoms. The fraction of sp³-hybridized carbons (Fsp3) is 0.0800. The van der Waals surface area contributed by atoms with E-state index in [1.807, 2.05) is 12.1 Å². The lowest BCUT2D eigenvalue weighted by Gasteiger charge is -2.21. The van der Waals surface area contributed by atoms with Crippen LogP contribution in [0, 0.1) is 6.92 Å². The van der Waals surface area contributed by atoms with Crippen LogP contribution in [0.3, 0.4) is 0 Å². The van der Waals surface area contributed by atoms with E-state index in [0.29, 0.717) is 15.2 Å². The summed E-state index contributed by atoms with van der Waals surface area (Å²) >= 11 is 0. The van der Waals surface area contributed by atoms with Crippen LogP contribution in [0.2, 0.25) is 0 Å². The molecule has 1 aromatic heterocycles. The number of benzene rings is 3. The summed E-state index contributed by atoms with van der Waals surface area (Å²) in [4.78, 5) is 39.0. The summed E-state index contributed by atoms with van der Waals surface area (Å²) in [5, 5.41) is 1.17. The molecule has 0 aliphatic carbocycles. The summed E-state index contributed by atoms with van der Waals surface area (Å²) in [5.74, 6) is -0.715. The molecule has 7 heteroatoms. The number of hydrogen-bond acceptors (Lipinski definition) is 4. The van der Waals surface area contributed by atoms with E-state index in [4.69, 9.17) is 0 Å². The molecule has 4 aromatic rings. The SMILES string of the molecule is Cc1cn(CP(=O)(c2ccccc2)c2ccccc2)c(=O)n(C(=O)c2ccccc2)c1=O. The standard InChI is InChI=1S/C25H21N2O4P/c1-19-17-26(25(30)27(23(19)28)24(29)20-11-5-2-6-12-20)18-32(31,21-13-7-3-8-14-21)22-15-9-4-10-16-22/h2-17H,18H2,1H3. The first-order valence-electron chi connectivity index (χ1n) is 10.0. The molecule has 0 saturated carbocycles. The van der Waals surface area contributed by atoms with Crippen LogP contribution in [-0.4, -0.2) is 15.0 Å². The van der Waals surface area contributed by atoms with Crippen LogP contribution >= 0.6 is 7.14 Å². The molecule has 0 fully saturated rings. The minimum atomic E-state index is -3.29. The van der Waals surface area contributed by atoms with Crippen molar-refractivity contribution in [3.8, 4) is 0 Å². The second kappa shape index (κ2) is 8.77. The average molecular weight is 444 g/mol. The van der Waals surface area contributed by atoms with E-state index >= 15 is 0 Å². The third kappa shape index (κ3) is 3.93. The second-order valence-corrected chi connectivity index (χ2v) is 10.2. The zero-order valence-corrected chi connectivity index (χ0v) is 18.3. The number of carbonyl (C=O) groups is 1. The summed E-state index contributed by atoms with van der Waals surface area (Å²) in [7, 11) is -3.29. The lowest BCUT2D eigenvalue weighted by molar-refractivity contribution is 0.0948. The highest BCUT2D eigenvalue weighted by atomic mass is 31.2. The van der Waals surface area contributed by atoms with Gasteiger partial charge in [-0.2, -0.15) is 4.57 Å². The van der Waals surface area contributed by atoms with Crippen LogP contribution in [0.15, 0.2) is 107 Å². The van der Waals surface area contributed by atoms with Gasteiger partial charge >= 0.3 is 5.69 Å². The smallest absolute Gasteiger partial charge is 0.312 e. The molecule has 0 N–H and O–H groups in total. The molecular weight excluding hydrogens is 423 g/mol. The van der Waals surface area contributed by atoms with Gasteiger partial charge in [-0.15, -0.1) is 0 Å². The van der Waals surface area contributed by atoms with Gasteiger partial charge in [-0.3, -0.25) is 14.2 Å². The van der Waals surface area contributed by atoms with Gasteiger partial charge in [0.25, 0.3) is 11.5 Å². The monoisotopic (exact) mass is 444 g/mol. The molecule has 0 radical (unpaired) electrons. The predicted molar refractivity (Wildman–Crippen MR) is 126 cm³/mol. The largest absolute Gasteiger partial charge is 0.338 e. The molecule has 0 aliphatic rings. The highest BCUT2D eigenvalue weighted by molar-refractivity contribution is 7.77. The van der Waals surface area contributed by atoms with Gasteiger partial charge in [-0.25, -0.2) is 4.79 Å². The van der Waals surface area contributed by atoms with E-state index in [1.165, 1.54) is 17.7 Å². The minimum Gasteiger partial charge on any atom is -0.312 e. The Labute approximate surface area is 184 Å². The molecule has 0 atom stereocenters. The van der Waals surface area contributed by atoms with Crippen LogP contribution in [0.5, 0.6) is 0 Å². The van der Waals surface area contributed by atoms with Crippen LogP contribution in [0.25, 0.3) is 0 Å². The fourth-order valence-electron chi connectivity index (χ4n) is 3.59. The highest BCUT2D eigenvalue weighted by Gasteiger charge is 2.29. The molecule has 0 bridgehead atoms. The quantitative estimate of drug-likeness (QED) is 0.444. The number of aryl methyl sites for hydroxylation is 1. The number of hydrogen-bond donors (Lipinski definition) is 0. The topological polar surface area (TPSA) is 78.1 Å². The number of aromatic nitrogens is 2. The minimum absolute atomic E-state index is 0.178. The molecule has 0 saturated heterocycles. The van der Waals surface area contributed by atoms with E-state index in [9.17, 15) is 18.9 Å². The zero-order chi connectivity index (χ0) is 22.7. The van der Waals surface area contributed by atoms with Gasteiger partial charge in [-0.05, 0) is 19.1 Å². The fourth-order valence-corrected chi connectivity index (χ4v) is 6.15. The third-order valence-corrected chi connectivity index (χ3v) is 8.22. The van der Waals surface area contributed by atoms with Crippen molar-refractivity contribution in [2.45, 2.75) is 13.2 Å². The van der Waals surface area contributed by atoms with Crippen LogP contribution in [0.4, 0.5) is 0 Å². The lowest BCUT2D eigenvalue weighted by Crippen LogP contribution is -2.45. The Morgan fingerprint density at radius 3 is 1.75 bits per heavy atom. The molecule has 1 heterocycles. The van der Waals surface area contributed by atoms with Crippen molar-refractivity contribution < 1.29 is 9.36 Å². The van der Waals surface area contributed by atoms with E-state index in [1.54, 1.807) is 78.9 Å². The van der Waals surface area contributed by atoms with Gasteiger partial charge < -0.3 is 4.57 Å². The van der Waals surface area contributed by atoms with Crippen LogP contribution < -0.4 is 21.9 Å². The van der Waals surface area contributed by atoms with Gasteiger partial charge in [-0.1, -0.05) is 78.9 Å². The summed E-state index contributed by atoms with van der Waals surface area (Å²) < 4.78 is 16.2. The zero-order valence-electron chi connectivity index (χ0n) is 17.4. The van der Waals surface area contributed by atoms with Crippen LogP contribution in [0.1, 0.15) is 15.9 Å². The Morgan fingerprint density at radius 1 is 0.781 bits per heavy atom. The summed E-state index contributed by atoms with van der Waals surface area (Å²) in [6.45, 7) is 1.53. The van der Waals surface area contributed by atoms with Crippen molar-refractivity contribution in [2.75, 3.05) is 0 Å². The maximum absolute atomic E-state index is 14.4. The maximum Gasteiger partial charge on any atom is 0.338 e. The molecule has 0 unspecified atom stereocenters. The van der Waals surface area contributed by atoms with Crippen molar-refractivity contribution in [2.24, 2.45) is 0 Å².